The van der Waals surface area contributed by atoms with E-state index >= 15 is 0 Å². The van der Waals surface area contributed by atoms with Gasteiger partial charge in [0.15, 0.2) is 6.10 Å². The molecule has 0 aliphatic heterocycles. The van der Waals surface area contributed by atoms with Crippen molar-refractivity contribution in [2.45, 2.75) is 20.0 Å². The number of likely N-dealkylation sites (N-methyl/N-ethyl adjacent to an activating group) is 1. The van der Waals surface area contributed by atoms with Crippen LogP contribution in [-0.4, -0.2) is 42.2 Å². The molecule has 5 heteroatoms. The van der Waals surface area contributed by atoms with E-state index in [-0.39, 0.29) is 0 Å². The van der Waals surface area contributed by atoms with Crippen molar-refractivity contribution in [3.05, 3.63) is 22.4 Å². The maximum atomic E-state index is 11.5. The van der Waals surface area contributed by atoms with Gasteiger partial charge in [-0.1, -0.05) is 19.9 Å². The highest BCUT2D eigenvalue weighted by Crippen LogP contribution is 2.19. The Morgan fingerprint density at radius 1 is 1.53 bits per heavy atom. The zero-order valence-electron chi connectivity index (χ0n) is 10.3. The number of nitrogens with zero attached hydrogens (tertiary/aromatic N) is 1. The summed E-state index contributed by atoms with van der Waals surface area (Å²) in [6.07, 6.45) is -1.15. The van der Waals surface area contributed by atoms with Gasteiger partial charge in [0.1, 0.15) is 6.61 Å². The lowest BCUT2D eigenvalue weighted by molar-refractivity contribution is -0.154. The van der Waals surface area contributed by atoms with E-state index in [2.05, 4.69) is 18.7 Å². The first kappa shape index (κ1) is 14.2. The van der Waals surface area contributed by atoms with Crippen LogP contribution in [0.15, 0.2) is 17.5 Å². The summed E-state index contributed by atoms with van der Waals surface area (Å²) in [6.45, 7) is 7.01. The highest BCUT2D eigenvalue weighted by molar-refractivity contribution is 7.10. The zero-order valence-corrected chi connectivity index (χ0v) is 11.1. The SMILES string of the molecule is CCN(CC)CCOC(=O)C(O)c1cccs1. The molecule has 1 atom stereocenters. The zero-order chi connectivity index (χ0) is 12.7. The van der Waals surface area contributed by atoms with Crippen LogP contribution >= 0.6 is 11.3 Å². The molecular formula is C12H19NO3S. The second-order valence-electron chi connectivity index (χ2n) is 3.61. The summed E-state index contributed by atoms with van der Waals surface area (Å²) in [5.41, 5.74) is 0. The molecule has 1 heterocycles. The van der Waals surface area contributed by atoms with Gasteiger partial charge < -0.3 is 14.7 Å². The molecule has 0 spiro atoms. The Morgan fingerprint density at radius 2 is 2.24 bits per heavy atom. The number of esters is 1. The van der Waals surface area contributed by atoms with Crippen molar-refractivity contribution in [2.75, 3.05) is 26.2 Å². The molecule has 0 saturated carbocycles. The Kier molecular flexibility index (Phi) is 6.18. The molecular weight excluding hydrogens is 238 g/mol. The molecule has 0 radical (unpaired) electrons. The number of rotatable bonds is 7. The maximum Gasteiger partial charge on any atom is 0.340 e. The van der Waals surface area contributed by atoms with Gasteiger partial charge >= 0.3 is 5.97 Å². The van der Waals surface area contributed by atoms with Gasteiger partial charge in [-0.3, -0.25) is 0 Å². The van der Waals surface area contributed by atoms with Gasteiger partial charge in [0, 0.05) is 11.4 Å². The molecule has 17 heavy (non-hydrogen) atoms. The van der Waals surface area contributed by atoms with E-state index in [1.54, 1.807) is 12.1 Å². The van der Waals surface area contributed by atoms with E-state index in [0.717, 1.165) is 13.1 Å². The van der Waals surface area contributed by atoms with Crippen molar-refractivity contribution in [2.24, 2.45) is 0 Å². The molecule has 4 nitrogen and oxygen atoms in total. The number of hydrogen-bond acceptors (Lipinski definition) is 5. The third-order valence-electron chi connectivity index (χ3n) is 2.58. The fourth-order valence-corrected chi connectivity index (χ4v) is 2.15. The molecule has 1 unspecified atom stereocenters. The molecule has 1 aromatic heterocycles. The average molecular weight is 257 g/mol. The smallest absolute Gasteiger partial charge is 0.340 e. The van der Waals surface area contributed by atoms with Gasteiger partial charge in [0.05, 0.1) is 0 Å². The predicted molar refractivity (Wildman–Crippen MR) is 68.0 cm³/mol. The number of ether oxygens (including phenoxy) is 1. The van der Waals surface area contributed by atoms with Crippen LogP contribution in [0.1, 0.15) is 24.8 Å². The second-order valence-corrected chi connectivity index (χ2v) is 4.59. The second kappa shape index (κ2) is 7.42. The van der Waals surface area contributed by atoms with Crippen molar-refractivity contribution in [3.63, 3.8) is 0 Å². The van der Waals surface area contributed by atoms with Crippen LogP contribution in [0.4, 0.5) is 0 Å². The number of aliphatic hydroxyl groups excluding tert-OH is 1. The summed E-state index contributed by atoms with van der Waals surface area (Å²) >= 11 is 1.35. The molecule has 0 aliphatic carbocycles. The normalized spacial score (nSPS) is 12.7. The van der Waals surface area contributed by atoms with Crippen molar-refractivity contribution in [3.8, 4) is 0 Å². The summed E-state index contributed by atoms with van der Waals surface area (Å²) in [7, 11) is 0. The van der Waals surface area contributed by atoms with Crippen molar-refractivity contribution in [1.29, 1.82) is 0 Å². The van der Waals surface area contributed by atoms with E-state index in [0.29, 0.717) is 18.0 Å². The van der Waals surface area contributed by atoms with Crippen LogP contribution in [-0.2, 0) is 9.53 Å². The van der Waals surface area contributed by atoms with E-state index in [1.807, 2.05) is 5.38 Å². The fourth-order valence-electron chi connectivity index (χ4n) is 1.46. The number of hydrogen-bond donors (Lipinski definition) is 1. The number of aliphatic hydroxyl groups is 1. The molecule has 96 valence electrons. The van der Waals surface area contributed by atoms with Crippen LogP contribution in [0.25, 0.3) is 0 Å². The Morgan fingerprint density at radius 3 is 2.76 bits per heavy atom. The highest BCUT2D eigenvalue weighted by atomic mass is 32.1. The van der Waals surface area contributed by atoms with E-state index < -0.39 is 12.1 Å². The molecule has 0 amide bonds. The molecule has 0 bridgehead atoms. The lowest BCUT2D eigenvalue weighted by atomic mass is 10.3. The predicted octanol–water partition coefficient (Wildman–Crippen LogP) is 1.67. The van der Waals surface area contributed by atoms with Crippen LogP contribution in [0.3, 0.4) is 0 Å². The number of carbonyl (C=O) groups excluding carboxylic acids is 1. The lowest BCUT2D eigenvalue weighted by Gasteiger charge is -2.18. The van der Waals surface area contributed by atoms with E-state index in [4.69, 9.17) is 4.74 Å². The Bertz CT molecular complexity index is 323. The minimum Gasteiger partial charge on any atom is -0.462 e. The van der Waals surface area contributed by atoms with Crippen LogP contribution in [0.5, 0.6) is 0 Å². The molecule has 1 rings (SSSR count). The third-order valence-corrected chi connectivity index (χ3v) is 3.51. The summed E-state index contributed by atoms with van der Waals surface area (Å²) in [6, 6.07) is 3.52. The van der Waals surface area contributed by atoms with Gasteiger partial charge in [0.25, 0.3) is 0 Å². The molecule has 0 aromatic carbocycles. The Labute approximate surface area is 106 Å². The van der Waals surface area contributed by atoms with Gasteiger partial charge in [-0.25, -0.2) is 4.79 Å². The van der Waals surface area contributed by atoms with Crippen molar-refractivity contribution < 1.29 is 14.6 Å². The van der Waals surface area contributed by atoms with Crippen LogP contribution in [0, 0.1) is 0 Å². The lowest BCUT2D eigenvalue weighted by Crippen LogP contribution is -2.28. The summed E-state index contributed by atoms with van der Waals surface area (Å²) in [4.78, 5) is 14.3. The van der Waals surface area contributed by atoms with E-state index in [1.165, 1.54) is 11.3 Å². The Hall–Kier alpha value is -0.910. The van der Waals surface area contributed by atoms with Crippen LogP contribution < -0.4 is 0 Å². The molecule has 0 fully saturated rings. The maximum absolute atomic E-state index is 11.5. The quantitative estimate of drug-likeness (QED) is 0.755. The first-order valence-corrected chi connectivity index (χ1v) is 6.67. The van der Waals surface area contributed by atoms with Gasteiger partial charge in [-0.05, 0) is 24.5 Å². The summed E-state index contributed by atoms with van der Waals surface area (Å²) in [5, 5.41) is 11.5. The number of carbonyl (C=O) groups is 1. The minimum atomic E-state index is -1.15. The van der Waals surface area contributed by atoms with Crippen molar-refractivity contribution >= 4 is 17.3 Å². The topological polar surface area (TPSA) is 49.8 Å². The summed E-state index contributed by atoms with van der Waals surface area (Å²) < 4.78 is 5.04. The van der Waals surface area contributed by atoms with Gasteiger partial charge in [-0.2, -0.15) is 0 Å². The monoisotopic (exact) mass is 257 g/mol. The molecule has 0 aliphatic rings. The largest absolute Gasteiger partial charge is 0.462 e. The average Bonchev–Trinajstić information content (AvgIpc) is 2.87. The third kappa shape index (κ3) is 4.46. The molecule has 0 saturated heterocycles. The highest BCUT2D eigenvalue weighted by Gasteiger charge is 2.19. The summed E-state index contributed by atoms with van der Waals surface area (Å²) in [5.74, 6) is -0.570. The van der Waals surface area contributed by atoms with Crippen LogP contribution in [0.2, 0.25) is 0 Å². The van der Waals surface area contributed by atoms with E-state index in [9.17, 15) is 9.90 Å². The molecule has 1 aromatic rings. The standard InChI is InChI=1S/C12H19NO3S/c1-3-13(4-2)7-8-16-12(15)11(14)10-6-5-9-17-10/h5-6,9,11,14H,3-4,7-8H2,1-2H3. The van der Waals surface area contributed by atoms with Gasteiger partial charge in [-0.15, -0.1) is 11.3 Å². The first-order valence-electron chi connectivity index (χ1n) is 5.79. The molecule has 1 N–H and O–H groups in total. The number of thiophene rings is 1. The van der Waals surface area contributed by atoms with Crippen molar-refractivity contribution in [1.82, 2.24) is 4.90 Å². The minimum absolute atomic E-state index is 0.322. The van der Waals surface area contributed by atoms with Gasteiger partial charge in [0.2, 0.25) is 0 Å². The fraction of sp³-hybridized carbons (Fsp3) is 0.583. The first-order chi connectivity index (χ1) is 8.19. The Balaban J connectivity index is 2.30.